The number of anilines is 2. The molecule has 3 rings (SSSR count). The van der Waals surface area contributed by atoms with Gasteiger partial charge in [-0.05, 0) is 31.5 Å². The van der Waals surface area contributed by atoms with Gasteiger partial charge in [0.15, 0.2) is 5.60 Å². The van der Waals surface area contributed by atoms with Gasteiger partial charge in [-0.1, -0.05) is 36.4 Å². The van der Waals surface area contributed by atoms with Crippen LogP contribution in [0.5, 0.6) is 5.75 Å². The number of hydrogen-bond acceptors (Lipinski definition) is 3. The van der Waals surface area contributed by atoms with E-state index in [2.05, 4.69) is 10.6 Å². The Hall–Kier alpha value is -2.82. The highest BCUT2D eigenvalue weighted by Crippen LogP contribution is 2.38. The molecule has 5 nitrogen and oxygen atoms in total. The Morgan fingerprint density at radius 3 is 2.61 bits per heavy atom. The summed E-state index contributed by atoms with van der Waals surface area (Å²) < 4.78 is 5.71. The van der Waals surface area contributed by atoms with Crippen molar-refractivity contribution in [1.29, 1.82) is 0 Å². The van der Waals surface area contributed by atoms with Crippen molar-refractivity contribution in [2.24, 2.45) is 0 Å². The van der Waals surface area contributed by atoms with Gasteiger partial charge < -0.3 is 15.4 Å². The Balaban J connectivity index is 1.80. The molecule has 0 radical (unpaired) electrons. The lowest BCUT2D eigenvalue weighted by molar-refractivity contribution is -0.129. The van der Waals surface area contributed by atoms with E-state index in [0.29, 0.717) is 17.1 Å². The van der Waals surface area contributed by atoms with Gasteiger partial charge in [0.25, 0.3) is 5.91 Å². The van der Waals surface area contributed by atoms with E-state index in [1.165, 1.54) is 0 Å². The van der Waals surface area contributed by atoms with Crippen molar-refractivity contribution in [3.8, 4) is 5.75 Å². The predicted octanol–water partition coefficient (Wildman–Crippen LogP) is 2.98. The minimum atomic E-state index is -0.931. The van der Waals surface area contributed by atoms with Gasteiger partial charge >= 0.3 is 0 Å². The quantitative estimate of drug-likeness (QED) is 0.916. The van der Waals surface area contributed by atoms with Gasteiger partial charge in [-0.3, -0.25) is 9.59 Å². The standard InChI is InChI=1S/C18H18N2O3/c1-18(2)17(22)20-16-13(9-6-10-14(16)23-18)19-15(21)11-12-7-4-3-5-8-12/h3-10H,11H2,1-2H3,(H,19,21)(H,20,22). The molecule has 2 aromatic rings. The number of rotatable bonds is 3. The Bertz CT molecular complexity index is 754. The molecule has 0 unspecified atom stereocenters. The fraction of sp³-hybridized carbons (Fsp3) is 0.222. The first-order valence-corrected chi connectivity index (χ1v) is 7.43. The number of hydrogen-bond donors (Lipinski definition) is 2. The number of benzene rings is 2. The van der Waals surface area contributed by atoms with Gasteiger partial charge in [-0.25, -0.2) is 0 Å². The number of para-hydroxylation sites is 1. The van der Waals surface area contributed by atoms with Crippen molar-refractivity contribution in [2.45, 2.75) is 25.9 Å². The van der Waals surface area contributed by atoms with E-state index >= 15 is 0 Å². The zero-order chi connectivity index (χ0) is 16.4. The zero-order valence-electron chi connectivity index (χ0n) is 13.1. The largest absolute Gasteiger partial charge is 0.476 e. The predicted molar refractivity (Wildman–Crippen MR) is 88.6 cm³/mol. The monoisotopic (exact) mass is 310 g/mol. The topological polar surface area (TPSA) is 67.4 Å². The van der Waals surface area contributed by atoms with E-state index in [-0.39, 0.29) is 18.2 Å². The van der Waals surface area contributed by atoms with Gasteiger partial charge in [-0.15, -0.1) is 0 Å². The molecule has 0 bridgehead atoms. The summed E-state index contributed by atoms with van der Waals surface area (Å²) in [6.07, 6.45) is 0.269. The smallest absolute Gasteiger partial charge is 0.268 e. The summed E-state index contributed by atoms with van der Waals surface area (Å²) in [5.74, 6) is 0.158. The Morgan fingerprint density at radius 1 is 1.13 bits per heavy atom. The highest BCUT2D eigenvalue weighted by molar-refractivity contribution is 6.06. The van der Waals surface area contributed by atoms with Crippen LogP contribution in [-0.2, 0) is 16.0 Å². The average Bonchev–Trinajstić information content (AvgIpc) is 2.50. The van der Waals surface area contributed by atoms with E-state index in [0.717, 1.165) is 5.56 Å². The zero-order valence-corrected chi connectivity index (χ0v) is 13.1. The summed E-state index contributed by atoms with van der Waals surface area (Å²) in [7, 11) is 0. The molecular weight excluding hydrogens is 292 g/mol. The van der Waals surface area contributed by atoms with Crippen LogP contribution < -0.4 is 15.4 Å². The number of fused-ring (bicyclic) bond motifs is 1. The molecule has 1 aliphatic heterocycles. The molecule has 2 amide bonds. The third kappa shape index (κ3) is 3.18. The Morgan fingerprint density at radius 2 is 1.87 bits per heavy atom. The summed E-state index contributed by atoms with van der Waals surface area (Å²) in [5.41, 5.74) is 1.03. The third-order valence-corrected chi connectivity index (χ3v) is 3.66. The summed E-state index contributed by atoms with van der Waals surface area (Å²) in [4.78, 5) is 24.3. The van der Waals surface area contributed by atoms with E-state index in [1.807, 2.05) is 30.3 Å². The van der Waals surface area contributed by atoms with Crippen molar-refractivity contribution in [3.05, 3.63) is 54.1 Å². The van der Waals surface area contributed by atoms with Crippen LogP contribution in [0, 0.1) is 0 Å². The van der Waals surface area contributed by atoms with E-state index in [4.69, 9.17) is 4.74 Å². The van der Waals surface area contributed by atoms with Gasteiger partial charge in [0, 0.05) is 0 Å². The second-order valence-electron chi connectivity index (χ2n) is 5.96. The van der Waals surface area contributed by atoms with Crippen molar-refractivity contribution in [2.75, 3.05) is 10.6 Å². The molecule has 23 heavy (non-hydrogen) atoms. The van der Waals surface area contributed by atoms with Crippen molar-refractivity contribution in [3.63, 3.8) is 0 Å². The minimum Gasteiger partial charge on any atom is -0.476 e. The summed E-state index contributed by atoms with van der Waals surface area (Å²) in [6, 6.07) is 14.8. The maximum absolute atomic E-state index is 12.2. The fourth-order valence-corrected chi connectivity index (χ4v) is 2.41. The van der Waals surface area contributed by atoms with Crippen LogP contribution in [0.4, 0.5) is 11.4 Å². The minimum absolute atomic E-state index is 0.149. The lowest BCUT2D eigenvalue weighted by Crippen LogP contribution is -2.45. The molecule has 2 aromatic carbocycles. The molecular formula is C18H18N2O3. The molecule has 1 aliphatic rings. The molecule has 0 spiro atoms. The maximum Gasteiger partial charge on any atom is 0.268 e. The van der Waals surface area contributed by atoms with Crippen LogP contribution in [0.3, 0.4) is 0 Å². The molecule has 1 heterocycles. The van der Waals surface area contributed by atoms with E-state index < -0.39 is 5.60 Å². The van der Waals surface area contributed by atoms with Crippen LogP contribution >= 0.6 is 0 Å². The van der Waals surface area contributed by atoms with Crippen molar-refractivity contribution >= 4 is 23.2 Å². The van der Waals surface area contributed by atoms with Gasteiger partial charge in [0.05, 0.1) is 12.1 Å². The maximum atomic E-state index is 12.2. The molecule has 0 atom stereocenters. The molecule has 2 N–H and O–H groups in total. The Kier molecular flexibility index (Phi) is 3.78. The summed E-state index contributed by atoms with van der Waals surface area (Å²) in [6.45, 7) is 3.40. The number of carbonyl (C=O) groups is 2. The molecule has 0 aromatic heterocycles. The Labute approximate surface area is 134 Å². The molecule has 0 saturated carbocycles. The summed E-state index contributed by atoms with van der Waals surface area (Å²) >= 11 is 0. The second kappa shape index (κ2) is 5.76. The number of amides is 2. The highest BCUT2D eigenvalue weighted by atomic mass is 16.5. The average molecular weight is 310 g/mol. The van der Waals surface area contributed by atoms with E-state index in [9.17, 15) is 9.59 Å². The molecule has 5 heteroatoms. The summed E-state index contributed by atoms with van der Waals surface area (Å²) in [5, 5.41) is 5.64. The van der Waals surface area contributed by atoms with Crippen LogP contribution in [0.25, 0.3) is 0 Å². The number of nitrogens with one attached hydrogen (secondary N) is 2. The van der Waals surface area contributed by atoms with Crippen molar-refractivity contribution in [1.82, 2.24) is 0 Å². The lowest BCUT2D eigenvalue weighted by atomic mass is 10.1. The SMILES string of the molecule is CC1(C)Oc2cccc(NC(=O)Cc3ccccc3)c2NC1=O. The van der Waals surface area contributed by atoms with E-state index in [1.54, 1.807) is 32.0 Å². The molecule has 0 saturated heterocycles. The third-order valence-electron chi connectivity index (χ3n) is 3.66. The number of ether oxygens (including phenoxy) is 1. The van der Waals surface area contributed by atoms with Crippen LogP contribution in [0.1, 0.15) is 19.4 Å². The number of carbonyl (C=O) groups excluding carboxylic acids is 2. The lowest BCUT2D eigenvalue weighted by Gasteiger charge is -2.32. The second-order valence-corrected chi connectivity index (χ2v) is 5.96. The van der Waals surface area contributed by atoms with Crippen LogP contribution in [0.15, 0.2) is 48.5 Å². The van der Waals surface area contributed by atoms with Crippen LogP contribution in [0.2, 0.25) is 0 Å². The highest BCUT2D eigenvalue weighted by Gasteiger charge is 2.36. The van der Waals surface area contributed by atoms with Gasteiger partial charge in [0.2, 0.25) is 5.91 Å². The normalized spacial score (nSPS) is 15.1. The van der Waals surface area contributed by atoms with Crippen molar-refractivity contribution < 1.29 is 14.3 Å². The molecule has 118 valence electrons. The first-order chi connectivity index (χ1) is 11.0. The van der Waals surface area contributed by atoms with Crippen LogP contribution in [-0.4, -0.2) is 17.4 Å². The van der Waals surface area contributed by atoms with Gasteiger partial charge in [0.1, 0.15) is 11.4 Å². The first kappa shape index (κ1) is 15.1. The van der Waals surface area contributed by atoms with Gasteiger partial charge in [-0.2, -0.15) is 0 Å². The molecule has 0 fully saturated rings. The first-order valence-electron chi connectivity index (χ1n) is 7.43. The fourth-order valence-electron chi connectivity index (χ4n) is 2.41. The molecule has 0 aliphatic carbocycles.